The van der Waals surface area contributed by atoms with Crippen molar-refractivity contribution in [1.29, 1.82) is 0 Å². The number of rotatable bonds is 30. The van der Waals surface area contributed by atoms with E-state index in [4.69, 9.17) is 18.9 Å². The van der Waals surface area contributed by atoms with Crippen molar-refractivity contribution in [3.05, 3.63) is 36.0 Å². The van der Waals surface area contributed by atoms with Gasteiger partial charge in [-0.3, -0.25) is 0 Å². The predicted octanol–water partition coefficient (Wildman–Crippen LogP) is 14.1. The highest BCUT2D eigenvalue weighted by Crippen LogP contribution is 2.67. The van der Waals surface area contributed by atoms with Gasteiger partial charge in [0.1, 0.15) is 0 Å². The number of piperidine rings is 1. The molecule has 0 aromatic carbocycles. The van der Waals surface area contributed by atoms with E-state index in [1.807, 2.05) is 0 Å². The lowest BCUT2D eigenvalue weighted by Crippen LogP contribution is -2.51. The minimum absolute atomic E-state index is 0.120. The number of unbranched alkanes of at least 4 members (excludes halogenated alkanes) is 9. The fraction of sp³-hybridized carbons (Fsp3) is 0.889. The van der Waals surface area contributed by atoms with Crippen molar-refractivity contribution in [3.63, 3.8) is 0 Å². The van der Waals surface area contributed by atoms with Crippen molar-refractivity contribution in [2.45, 2.75) is 207 Å². The summed E-state index contributed by atoms with van der Waals surface area (Å²) in [5, 5.41) is 0. The molecule has 0 bridgehead atoms. The zero-order valence-corrected chi connectivity index (χ0v) is 39.6. The number of hydrogen-bond acceptors (Lipinski definition) is 5. The van der Waals surface area contributed by atoms with Crippen molar-refractivity contribution in [1.82, 2.24) is 4.90 Å². The molecule has 5 rings (SSSR count). The maximum absolute atomic E-state index is 6.50. The fourth-order valence-corrected chi connectivity index (χ4v) is 13.0. The van der Waals surface area contributed by atoms with Crippen LogP contribution in [-0.4, -0.2) is 76.4 Å². The van der Waals surface area contributed by atoms with Gasteiger partial charge in [0.05, 0.1) is 45.2 Å². The second-order valence-corrected chi connectivity index (χ2v) is 20.6. The van der Waals surface area contributed by atoms with Crippen LogP contribution in [0.3, 0.4) is 0 Å². The molecule has 0 amide bonds. The fourth-order valence-electron chi connectivity index (χ4n) is 13.0. The smallest absolute Gasteiger partial charge is 0.0936 e. The van der Waals surface area contributed by atoms with Gasteiger partial charge in [-0.1, -0.05) is 128 Å². The zero-order chi connectivity index (χ0) is 41.6. The van der Waals surface area contributed by atoms with E-state index >= 15 is 0 Å². The molecule has 0 N–H and O–H groups in total. The molecule has 4 unspecified atom stereocenters. The van der Waals surface area contributed by atoms with Crippen LogP contribution in [-0.2, 0) is 18.9 Å². The molecule has 0 aromatic heterocycles. The molecule has 5 heteroatoms. The van der Waals surface area contributed by atoms with Crippen molar-refractivity contribution in [3.8, 4) is 0 Å². The first-order valence-corrected chi connectivity index (χ1v) is 26.0. The van der Waals surface area contributed by atoms with E-state index in [-0.39, 0.29) is 6.10 Å². The van der Waals surface area contributed by atoms with E-state index in [2.05, 4.69) is 69.9 Å². The Morgan fingerprint density at radius 1 is 0.729 bits per heavy atom. The molecule has 5 nitrogen and oxygen atoms in total. The Balaban J connectivity index is 0.903. The van der Waals surface area contributed by atoms with Gasteiger partial charge in [0.25, 0.3) is 0 Å². The van der Waals surface area contributed by atoms with Crippen LogP contribution >= 0.6 is 0 Å². The molecular formula is C54H95NO4. The Hall–Kier alpha value is -0.980. The molecule has 1 aliphatic heterocycles. The third kappa shape index (κ3) is 15.4. The summed E-state index contributed by atoms with van der Waals surface area (Å²) in [6.45, 7) is 20.1. The summed E-state index contributed by atoms with van der Waals surface area (Å²) in [4.78, 5) is 2.58. The first kappa shape index (κ1) is 49.0. The number of ether oxygens (including phenoxy) is 4. The van der Waals surface area contributed by atoms with E-state index in [1.165, 1.54) is 154 Å². The molecule has 4 aliphatic carbocycles. The summed E-state index contributed by atoms with van der Waals surface area (Å²) >= 11 is 0. The van der Waals surface area contributed by atoms with E-state index in [1.54, 1.807) is 5.57 Å². The lowest BCUT2D eigenvalue weighted by atomic mass is 9.47. The van der Waals surface area contributed by atoms with Crippen LogP contribution in [0.4, 0.5) is 0 Å². The minimum atomic E-state index is 0.120. The highest BCUT2D eigenvalue weighted by molar-refractivity contribution is 5.25. The van der Waals surface area contributed by atoms with E-state index < -0.39 is 0 Å². The van der Waals surface area contributed by atoms with Crippen LogP contribution in [0.1, 0.15) is 195 Å². The summed E-state index contributed by atoms with van der Waals surface area (Å²) < 4.78 is 25.2. The minimum Gasteiger partial charge on any atom is -0.379 e. The summed E-state index contributed by atoms with van der Waals surface area (Å²) in [5.74, 6) is 4.56. The average molecular weight is 822 g/mol. The Morgan fingerprint density at radius 2 is 1.47 bits per heavy atom. The Labute approximate surface area is 365 Å². The van der Waals surface area contributed by atoms with Crippen molar-refractivity contribution in [2.24, 2.45) is 40.4 Å². The maximum Gasteiger partial charge on any atom is 0.0936 e. The SMILES string of the molecule is CCCCC/C=C\C/C=C\CCCCCCCCOCC(CN1CCCCC1)OCCOCCO[C@H]1CC[C@@]2(C)C(=CCC3C2CC[C@@]2(C)C3CC[C@@H]2[C@H](C)CCC)C1. The molecule has 4 fully saturated rings. The second kappa shape index (κ2) is 27.3. The van der Waals surface area contributed by atoms with Crippen molar-refractivity contribution >= 4 is 0 Å². The largest absolute Gasteiger partial charge is 0.379 e. The summed E-state index contributed by atoms with van der Waals surface area (Å²) in [6.07, 6.45) is 45.4. The highest BCUT2D eigenvalue weighted by Gasteiger charge is 2.59. The van der Waals surface area contributed by atoms with Crippen molar-refractivity contribution < 1.29 is 18.9 Å². The van der Waals surface area contributed by atoms with Crippen LogP contribution in [0.2, 0.25) is 0 Å². The van der Waals surface area contributed by atoms with Gasteiger partial charge in [0.15, 0.2) is 0 Å². The molecule has 1 heterocycles. The summed E-state index contributed by atoms with van der Waals surface area (Å²) in [5.41, 5.74) is 2.70. The topological polar surface area (TPSA) is 40.2 Å². The lowest BCUT2D eigenvalue weighted by Gasteiger charge is -2.58. The highest BCUT2D eigenvalue weighted by atomic mass is 16.6. The zero-order valence-electron chi connectivity index (χ0n) is 39.6. The van der Waals surface area contributed by atoms with E-state index in [9.17, 15) is 0 Å². The lowest BCUT2D eigenvalue weighted by molar-refractivity contribution is -0.0737. The van der Waals surface area contributed by atoms with Gasteiger partial charge in [-0.2, -0.15) is 0 Å². The normalized spacial score (nSPS) is 31.0. The van der Waals surface area contributed by atoms with Crippen LogP contribution in [0.15, 0.2) is 36.0 Å². The standard InChI is InChI=1S/C54H95NO4/c1-6-8-9-10-11-12-13-14-15-16-17-18-19-20-21-25-37-57-44-48(43-55-35-23-22-24-36-55)59-41-39-56-38-40-58-47-31-33-53(4)46(42-47)27-28-49-51-30-29-50(45(3)26-7-2)54(51,5)34-32-52(49)53/h11-12,14-15,27,45,47-52H,6-10,13,16-26,28-44H2,1-5H3/b12-11-,15-14-/t45-,47+,48?,49?,50-,51?,52?,53+,54-/m1/s1. The summed E-state index contributed by atoms with van der Waals surface area (Å²) in [6, 6.07) is 0. The first-order chi connectivity index (χ1) is 28.9. The van der Waals surface area contributed by atoms with Crippen molar-refractivity contribution in [2.75, 3.05) is 59.3 Å². The molecule has 59 heavy (non-hydrogen) atoms. The number of fused-ring (bicyclic) bond motifs is 5. The number of allylic oxidation sites excluding steroid dienone is 5. The number of likely N-dealkylation sites (tertiary alicyclic amines) is 1. The van der Waals surface area contributed by atoms with Gasteiger partial charge in [0.2, 0.25) is 0 Å². The van der Waals surface area contributed by atoms with E-state index in [0.29, 0.717) is 50.0 Å². The maximum atomic E-state index is 6.50. The van der Waals surface area contributed by atoms with Gasteiger partial charge >= 0.3 is 0 Å². The van der Waals surface area contributed by atoms with Crippen LogP contribution in [0.25, 0.3) is 0 Å². The Morgan fingerprint density at radius 3 is 2.25 bits per heavy atom. The third-order valence-electron chi connectivity index (χ3n) is 16.4. The van der Waals surface area contributed by atoms with Gasteiger partial charge in [-0.25, -0.2) is 0 Å². The average Bonchev–Trinajstić information content (AvgIpc) is 3.60. The molecule has 0 radical (unpaired) electrons. The predicted molar refractivity (Wildman–Crippen MR) is 250 cm³/mol. The van der Waals surface area contributed by atoms with Crippen LogP contribution in [0, 0.1) is 40.4 Å². The van der Waals surface area contributed by atoms with Gasteiger partial charge in [-0.05, 0) is 156 Å². The molecule has 3 saturated carbocycles. The Bertz CT molecular complexity index is 1210. The molecule has 9 atom stereocenters. The van der Waals surface area contributed by atoms with Crippen LogP contribution in [0.5, 0.6) is 0 Å². The molecule has 340 valence electrons. The van der Waals surface area contributed by atoms with E-state index in [0.717, 1.165) is 62.0 Å². The molecule has 0 aromatic rings. The van der Waals surface area contributed by atoms with Gasteiger partial charge < -0.3 is 23.8 Å². The first-order valence-electron chi connectivity index (χ1n) is 26.0. The molecule has 5 aliphatic rings. The van der Waals surface area contributed by atoms with Gasteiger partial charge in [-0.15, -0.1) is 0 Å². The number of hydrogen-bond donors (Lipinski definition) is 0. The Kier molecular flexibility index (Phi) is 22.7. The summed E-state index contributed by atoms with van der Waals surface area (Å²) in [7, 11) is 0. The van der Waals surface area contributed by atoms with Crippen LogP contribution < -0.4 is 0 Å². The monoisotopic (exact) mass is 822 g/mol. The molecule has 1 saturated heterocycles. The third-order valence-corrected chi connectivity index (χ3v) is 16.4. The number of nitrogens with zero attached hydrogens (tertiary/aromatic N) is 1. The molecular weight excluding hydrogens is 727 g/mol. The molecule has 0 spiro atoms. The van der Waals surface area contributed by atoms with Gasteiger partial charge in [0, 0.05) is 13.2 Å². The quantitative estimate of drug-likeness (QED) is 0.0533. The second-order valence-electron chi connectivity index (χ2n) is 20.6.